The zero-order valence-corrected chi connectivity index (χ0v) is 11.2. The van der Waals surface area contributed by atoms with Crippen LogP contribution in [0.4, 0.5) is 5.95 Å². The first-order chi connectivity index (χ1) is 9.25. The third kappa shape index (κ3) is 2.58. The van der Waals surface area contributed by atoms with Crippen LogP contribution in [0.25, 0.3) is 0 Å². The van der Waals surface area contributed by atoms with Gasteiger partial charge in [0.2, 0.25) is 5.95 Å². The van der Waals surface area contributed by atoms with Crippen LogP contribution in [0.15, 0.2) is 0 Å². The summed E-state index contributed by atoms with van der Waals surface area (Å²) < 4.78 is 11.0. The summed E-state index contributed by atoms with van der Waals surface area (Å²) in [6.07, 6.45) is 2.01. The Kier molecular flexibility index (Phi) is 3.67. The van der Waals surface area contributed by atoms with E-state index in [1.807, 2.05) is 0 Å². The van der Waals surface area contributed by atoms with E-state index in [0.717, 1.165) is 25.2 Å². The average Bonchev–Trinajstić information content (AvgIpc) is 2.92. The van der Waals surface area contributed by atoms with Crippen molar-refractivity contribution in [2.24, 2.45) is 5.73 Å². The van der Waals surface area contributed by atoms with Gasteiger partial charge in [-0.15, -0.1) is 5.10 Å². The molecule has 0 saturated carbocycles. The Morgan fingerprint density at radius 2 is 2.32 bits per heavy atom. The lowest BCUT2D eigenvalue weighted by Crippen LogP contribution is -2.51. The molecule has 2 aliphatic rings. The Bertz CT molecular complexity index is 418. The molecule has 3 rings (SSSR count). The molecular formula is C12H21N5O2. The molecule has 1 aromatic rings. The number of aromatic amines is 1. The predicted molar refractivity (Wildman–Crippen MR) is 69.9 cm³/mol. The van der Waals surface area contributed by atoms with Crippen LogP contribution in [0.5, 0.6) is 0 Å². The van der Waals surface area contributed by atoms with Crippen LogP contribution in [0, 0.1) is 0 Å². The van der Waals surface area contributed by atoms with Crippen LogP contribution in [0.2, 0.25) is 0 Å². The van der Waals surface area contributed by atoms with Crippen LogP contribution < -0.4 is 10.6 Å². The van der Waals surface area contributed by atoms with E-state index in [9.17, 15) is 0 Å². The maximum Gasteiger partial charge on any atom is 0.245 e. The normalized spacial score (nSPS) is 32.5. The Morgan fingerprint density at radius 3 is 3.11 bits per heavy atom. The number of hydrogen-bond donors (Lipinski definition) is 2. The third-order valence-electron chi connectivity index (χ3n) is 3.92. The molecule has 0 radical (unpaired) electrons. The highest BCUT2D eigenvalue weighted by atomic mass is 16.6. The first-order valence-electron chi connectivity index (χ1n) is 6.89. The smallest absolute Gasteiger partial charge is 0.245 e. The fraction of sp³-hybridized carbons (Fsp3) is 0.833. The lowest BCUT2D eigenvalue weighted by molar-refractivity contribution is -0.0933. The summed E-state index contributed by atoms with van der Waals surface area (Å²) in [4.78, 5) is 6.71. The second kappa shape index (κ2) is 5.44. The zero-order chi connectivity index (χ0) is 13.2. The van der Waals surface area contributed by atoms with Crippen molar-refractivity contribution in [1.29, 1.82) is 0 Å². The van der Waals surface area contributed by atoms with Gasteiger partial charge in [0.25, 0.3) is 0 Å². The van der Waals surface area contributed by atoms with E-state index in [-0.39, 0.29) is 18.2 Å². The quantitative estimate of drug-likeness (QED) is 0.796. The molecule has 2 saturated heterocycles. The summed E-state index contributed by atoms with van der Waals surface area (Å²) in [5, 5.41) is 7.26. The molecule has 3 unspecified atom stereocenters. The molecule has 3 N–H and O–H groups in total. The third-order valence-corrected chi connectivity index (χ3v) is 3.92. The molecule has 0 spiro atoms. The Labute approximate surface area is 112 Å². The van der Waals surface area contributed by atoms with Crippen molar-refractivity contribution in [3.63, 3.8) is 0 Å². The fourth-order valence-corrected chi connectivity index (χ4v) is 2.64. The summed E-state index contributed by atoms with van der Waals surface area (Å²) in [5.74, 6) is 1.45. The molecule has 0 aliphatic carbocycles. The largest absolute Gasteiger partial charge is 0.376 e. The van der Waals surface area contributed by atoms with Gasteiger partial charge in [-0.3, -0.25) is 5.10 Å². The van der Waals surface area contributed by atoms with Crippen molar-refractivity contribution in [2.45, 2.75) is 38.0 Å². The number of nitrogens with two attached hydrogens (primary N) is 1. The van der Waals surface area contributed by atoms with Crippen molar-refractivity contribution in [3.8, 4) is 0 Å². The minimum Gasteiger partial charge on any atom is -0.376 e. The van der Waals surface area contributed by atoms with Crippen molar-refractivity contribution < 1.29 is 9.47 Å². The van der Waals surface area contributed by atoms with E-state index in [2.05, 4.69) is 27.0 Å². The number of H-pyrrole nitrogens is 1. The fourth-order valence-electron chi connectivity index (χ4n) is 2.64. The van der Waals surface area contributed by atoms with Gasteiger partial charge in [-0.1, -0.05) is 0 Å². The van der Waals surface area contributed by atoms with Gasteiger partial charge in [-0.2, -0.15) is 4.98 Å². The topological polar surface area (TPSA) is 89.3 Å². The number of aromatic nitrogens is 3. The molecule has 7 nitrogen and oxygen atoms in total. The zero-order valence-electron chi connectivity index (χ0n) is 11.2. The van der Waals surface area contributed by atoms with Crippen LogP contribution in [0.3, 0.4) is 0 Å². The number of piperidine rings is 1. The molecule has 19 heavy (non-hydrogen) atoms. The van der Waals surface area contributed by atoms with Gasteiger partial charge in [0.05, 0.1) is 19.8 Å². The van der Waals surface area contributed by atoms with Crippen molar-refractivity contribution in [3.05, 3.63) is 5.82 Å². The average molecular weight is 267 g/mol. The van der Waals surface area contributed by atoms with Crippen molar-refractivity contribution in [2.75, 3.05) is 31.3 Å². The summed E-state index contributed by atoms with van der Waals surface area (Å²) in [5.41, 5.74) is 6.10. The molecule has 0 bridgehead atoms. The van der Waals surface area contributed by atoms with Crippen LogP contribution in [-0.4, -0.2) is 53.6 Å². The van der Waals surface area contributed by atoms with Gasteiger partial charge in [-0.25, -0.2) is 0 Å². The first kappa shape index (κ1) is 12.8. The molecule has 0 aromatic carbocycles. The van der Waals surface area contributed by atoms with Gasteiger partial charge < -0.3 is 20.1 Å². The summed E-state index contributed by atoms with van der Waals surface area (Å²) in [7, 11) is 0. The number of nitrogens with zero attached hydrogens (tertiary/aromatic N) is 3. The molecule has 2 aliphatic heterocycles. The molecule has 3 heterocycles. The van der Waals surface area contributed by atoms with E-state index in [1.54, 1.807) is 0 Å². The van der Waals surface area contributed by atoms with Gasteiger partial charge >= 0.3 is 0 Å². The second-order valence-corrected chi connectivity index (χ2v) is 5.20. The summed E-state index contributed by atoms with van der Waals surface area (Å²) in [6.45, 7) is 4.86. The lowest BCUT2D eigenvalue weighted by Gasteiger charge is -2.36. The summed E-state index contributed by atoms with van der Waals surface area (Å²) in [6, 6.07) is 0.450. The molecule has 0 amide bonds. The highest BCUT2D eigenvalue weighted by Gasteiger charge is 2.29. The molecule has 7 heteroatoms. The minimum absolute atomic E-state index is 0.135. The number of rotatable bonds is 2. The van der Waals surface area contributed by atoms with Gasteiger partial charge in [-0.05, 0) is 19.8 Å². The molecule has 2 fully saturated rings. The molecular weight excluding hydrogens is 246 g/mol. The second-order valence-electron chi connectivity index (χ2n) is 5.20. The van der Waals surface area contributed by atoms with Gasteiger partial charge in [0.15, 0.2) is 5.82 Å². The first-order valence-corrected chi connectivity index (χ1v) is 6.89. The Morgan fingerprint density at radius 1 is 1.42 bits per heavy atom. The van der Waals surface area contributed by atoms with E-state index in [4.69, 9.17) is 15.2 Å². The van der Waals surface area contributed by atoms with Crippen LogP contribution in [0.1, 0.15) is 31.7 Å². The highest BCUT2D eigenvalue weighted by molar-refractivity contribution is 5.32. The minimum atomic E-state index is -0.135. The molecule has 106 valence electrons. The highest BCUT2D eigenvalue weighted by Crippen LogP contribution is 2.23. The maximum absolute atomic E-state index is 6.10. The van der Waals surface area contributed by atoms with Gasteiger partial charge in [0, 0.05) is 18.6 Å². The Balaban J connectivity index is 1.73. The predicted octanol–water partition coefficient (Wildman–Crippen LogP) is 0.209. The van der Waals surface area contributed by atoms with Crippen LogP contribution in [-0.2, 0) is 9.47 Å². The molecule has 3 atom stereocenters. The number of nitrogens with one attached hydrogen (secondary N) is 1. The Hall–Kier alpha value is -1.18. The lowest BCUT2D eigenvalue weighted by atomic mass is 9.99. The standard InChI is InChI=1S/C12H21N5O2/c1-8-9(13)3-2-4-17(8)12-14-11(15-16-12)10-7-18-5-6-19-10/h8-10H,2-7,13H2,1H3,(H,14,15,16). The number of anilines is 1. The maximum atomic E-state index is 6.10. The van der Waals surface area contributed by atoms with E-state index >= 15 is 0 Å². The van der Waals surface area contributed by atoms with E-state index in [1.165, 1.54) is 0 Å². The van der Waals surface area contributed by atoms with Gasteiger partial charge in [0.1, 0.15) is 6.10 Å². The number of hydrogen-bond acceptors (Lipinski definition) is 6. The SMILES string of the molecule is CC1C(N)CCCN1c1n[nH]c(C2COCCO2)n1. The van der Waals surface area contributed by atoms with Crippen LogP contribution >= 0.6 is 0 Å². The summed E-state index contributed by atoms with van der Waals surface area (Å²) >= 11 is 0. The van der Waals surface area contributed by atoms with Crippen molar-refractivity contribution in [1.82, 2.24) is 15.2 Å². The van der Waals surface area contributed by atoms with E-state index < -0.39 is 0 Å². The monoisotopic (exact) mass is 267 g/mol. The molecule has 1 aromatic heterocycles. The number of ether oxygens (including phenoxy) is 2. The van der Waals surface area contributed by atoms with E-state index in [0.29, 0.717) is 25.8 Å². The van der Waals surface area contributed by atoms with Crippen molar-refractivity contribution >= 4 is 5.95 Å².